The van der Waals surface area contributed by atoms with Crippen LogP contribution in [0.15, 0.2) is 46.9 Å². The molecule has 0 aliphatic heterocycles. The van der Waals surface area contributed by atoms with E-state index in [9.17, 15) is 23.1 Å². The maximum atomic E-state index is 12.6. The summed E-state index contributed by atoms with van der Waals surface area (Å²) in [6.45, 7) is 3.19. The van der Waals surface area contributed by atoms with Gasteiger partial charge in [-0.05, 0) is 35.2 Å². The van der Waals surface area contributed by atoms with E-state index >= 15 is 0 Å². The van der Waals surface area contributed by atoms with Crippen LogP contribution in [0.25, 0.3) is 0 Å². The van der Waals surface area contributed by atoms with Gasteiger partial charge in [0.15, 0.2) is 0 Å². The van der Waals surface area contributed by atoms with Crippen molar-refractivity contribution < 1.29 is 27.5 Å². The van der Waals surface area contributed by atoms with Gasteiger partial charge in [0.2, 0.25) is 5.91 Å². The minimum atomic E-state index is -4.41. The second-order valence-electron chi connectivity index (χ2n) is 4.77. The second kappa shape index (κ2) is 7.01. The van der Waals surface area contributed by atoms with Crippen molar-refractivity contribution in [1.29, 1.82) is 0 Å². The standard InChI is InChI=1S/C15H14F3NO3S/c1-2-14(21)19(8-11(20)12-4-3-5-22-12)7-10-6-13(23-9-10)15(16,17)18/h2-6,9,11,20H,1,7-8H2. The molecule has 4 nitrogen and oxygen atoms in total. The van der Waals surface area contributed by atoms with E-state index in [0.29, 0.717) is 16.9 Å². The van der Waals surface area contributed by atoms with E-state index in [1.54, 1.807) is 12.1 Å². The zero-order chi connectivity index (χ0) is 17.0. The molecule has 0 fully saturated rings. The molecule has 0 saturated heterocycles. The van der Waals surface area contributed by atoms with Gasteiger partial charge in [0, 0.05) is 6.54 Å². The lowest BCUT2D eigenvalue weighted by Crippen LogP contribution is -2.32. The normalized spacial score (nSPS) is 12.9. The molecule has 2 heterocycles. The molecule has 1 amide bonds. The summed E-state index contributed by atoms with van der Waals surface area (Å²) in [5.74, 6) is -0.219. The number of carbonyl (C=O) groups is 1. The molecule has 0 saturated carbocycles. The lowest BCUT2D eigenvalue weighted by molar-refractivity contribution is -0.134. The van der Waals surface area contributed by atoms with Gasteiger partial charge in [0.05, 0.1) is 12.8 Å². The molecule has 0 radical (unpaired) electrons. The SMILES string of the molecule is C=CC(=O)N(Cc1csc(C(F)(F)F)c1)CC(O)c1ccco1. The number of aliphatic hydroxyl groups excluding tert-OH is 1. The fourth-order valence-electron chi connectivity index (χ4n) is 1.97. The average Bonchev–Trinajstić information content (AvgIpc) is 3.16. The van der Waals surface area contributed by atoms with E-state index in [1.165, 1.54) is 16.5 Å². The fraction of sp³-hybridized carbons (Fsp3) is 0.267. The molecule has 1 atom stereocenters. The molecule has 2 aromatic rings. The van der Waals surface area contributed by atoms with E-state index < -0.39 is 23.1 Å². The second-order valence-corrected chi connectivity index (χ2v) is 5.68. The van der Waals surface area contributed by atoms with Crippen LogP contribution in [0.2, 0.25) is 0 Å². The summed E-state index contributed by atoms with van der Waals surface area (Å²) in [4.78, 5) is 12.4. The molecule has 23 heavy (non-hydrogen) atoms. The summed E-state index contributed by atoms with van der Waals surface area (Å²) in [7, 11) is 0. The van der Waals surface area contributed by atoms with Gasteiger partial charge in [-0.1, -0.05) is 6.58 Å². The summed E-state index contributed by atoms with van der Waals surface area (Å²) in [6, 6.07) is 4.13. The van der Waals surface area contributed by atoms with Crippen LogP contribution in [0.3, 0.4) is 0 Å². The highest BCUT2D eigenvalue weighted by atomic mass is 32.1. The Kier molecular flexibility index (Phi) is 5.27. The Labute approximate surface area is 134 Å². The van der Waals surface area contributed by atoms with Crippen molar-refractivity contribution in [2.24, 2.45) is 0 Å². The summed E-state index contributed by atoms with van der Waals surface area (Å²) < 4.78 is 42.9. The van der Waals surface area contributed by atoms with Gasteiger partial charge in [0.25, 0.3) is 0 Å². The molecule has 2 rings (SSSR count). The van der Waals surface area contributed by atoms with Crippen molar-refractivity contribution >= 4 is 17.2 Å². The van der Waals surface area contributed by atoms with Crippen molar-refractivity contribution in [3.63, 3.8) is 0 Å². The summed E-state index contributed by atoms with van der Waals surface area (Å²) in [6.07, 6.45) is -3.06. The highest BCUT2D eigenvalue weighted by Crippen LogP contribution is 2.34. The molecule has 0 aliphatic carbocycles. The number of carbonyl (C=O) groups excluding carboxylic acids is 1. The summed E-state index contributed by atoms with van der Waals surface area (Å²) in [5, 5.41) is 11.4. The van der Waals surface area contributed by atoms with Gasteiger partial charge in [-0.3, -0.25) is 4.79 Å². The van der Waals surface area contributed by atoms with Gasteiger partial charge < -0.3 is 14.4 Å². The van der Waals surface area contributed by atoms with Gasteiger partial charge in [-0.25, -0.2) is 0 Å². The summed E-state index contributed by atoms with van der Waals surface area (Å²) in [5.41, 5.74) is 0.337. The van der Waals surface area contributed by atoms with Crippen molar-refractivity contribution in [3.8, 4) is 0 Å². The number of hydrogen-bond donors (Lipinski definition) is 1. The van der Waals surface area contributed by atoms with Gasteiger partial charge >= 0.3 is 6.18 Å². The number of thiophene rings is 1. The fourth-order valence-corrected chi connectivity index (χ4v) is 2.74. The maximum Gasteiger partial charge on any atom is 0.425 e. The van der Waals surface area contributed by atoms with Crippen LogP contribution in [0.1, 0.15) is 22.3 Å². The molecule has 0 spiro atoms. The highest BCUT2D eigenvalue weighted by molar-refractivity contribution is 7.10. The molecule has 0 bridgehead atoms. The van der Waals surface area contributed by atoms with Crippen LogP contribution in [0, 0.1) is 0 Å². The lowest BCUT2D eigenvalue weighted by Gasteiger charge is -2.23. The van der Waals surface area contributed by atoms with Crippen LogP contribution in [0.4, 0.5) is 13.2 Å². The van der Waals surface area contributed by atoms with Crippen molar-refractivity contribution in [2.45, 2.75) is 18.8 Å². The monoisotopic (exact) mass is 345 g/mol. The van der Waals surface area contributed by atoms with Gasteiger partial charge in [0.1, 0.15) is 16.7 Å². The molecule has 1 unspecified atom stereocenters. The third-order valence-electron chi connectivity index (χ3n) is 3.06. The molecular formula is C15H14F3NO3S. The maximum absolute atomic E-state index is 12.6. The minimum Gasteiger partial charge on any atom is -0.467 e. The van der Waals surface area contributed by atoms with Crippen LogP contribution in [0.5, 0.6) is 0 Å². The minimum absolute atomic E-state index is 0.0603. The van der Waals surface area contributed by atoms with E-state index in [4.69, 9.17) is 4.42 Å². The molecule has 1 N–H and O–H groups in total. The van der Waals surface area contributed by atoms with Crippen molar-refractivity contribution in [1.82, 2.24) is 4.90 Å². The predicted molar refractivity (Wildman–Crippen MR) is 78.6 cm³/mol. The first-order chi connectivity index (χ1) is 10.8. The first kappa shape index (κ1) is 17.3. The molecule has 0 aliphatic rings. The number of rotatable bonds is 6. The molecule has 2 aromatic heterocycles. The summed E-state index contributed by atoms with van der Waals surface area (Å²) >= 11 is 0.565. The van der Waals surface area contributed by atoms with Crippen LogP contribution in [-0.2, 0) is 17.5 Å². The number of amides is 1. The van der Waals surface area contributed by atoms with Crippen molar-refractivity contribution in [3.05, 3.63) is 58.7 Å². The number of halogens is 3. The lowest BCUT2D eigenvalue weighted by atomic mass is 10.2. The Bertz CT molecular complexity index is 664. The largest absolute Gasteiger partial charge is 0.467 e. The Balaban J connectivity index is 2.11. The predicted octanol–water partition coefficient (Wildman–Crippen LogP) is 3.61. The van der Waals surface area contributed by atoms with Crippen LogP contribution >= 0.6 is 11.3 Å². The quantitative estimate of drug-likeness (QED) is 0.814. The number of aliphatic hydroxyl groups is 1. The van der Waals surface area contributed by atoms with Gasteiger partial charge in [-0.15, -0.1) is 11.3 Å². The Morgan fingerprint density at radius 2 is 2.26 bits per heavy atom. The van der Waals surface area contributed by atoms with E-state index in [2.05, 4.69) is 6.58 Å². The van der Waals surface area contributed by atoms with Crippen LogP contribution < -0.4 is 0 Å². The number of hydrogen-bond acceptors (Lipinski definition) is 4. The van der Waals surface area contributed by atoms with E-state index in [-0.39, 0.29) is 18.8 Å². The smallest absolute Gasteiger partial charge is 0.425 e. The Morgan fingerprint density at radius 1 is 1.52 bits per heavy atom. The molecule has 124 valence electrons. The molecule has 8 heteroatoms. The average molecular weight is 345 g/mol. The third kappa shape index (κ3) is 4.46. The molecule has 0 aromatic carbocycles. The zero-order valence-corrected chi connectivity index (χ0v) is 12.7. The topological polar surface area (TPSA) is 53.7 Å². The highest BCUT2D eigenvalue weighted by Gasteiger charge is 2.32. The number of furan rings is 1. The third-order valence-corrected chi connectivity index (χ3v) is 4.08. The molecular weight excluding hydrogens is 331 g/mol. The first-order valence-corrected chi connectivity index (χ1v) is 7.46. The van der Waals surface area contributed by atoms with Gasteiger partial charge in [-0.2, -0.15) is 13.2 Å². The van der Waals surface area contributed by atoms with E-state index in [0.717, 1.165) is 12.1 Å². The number of nitrogens with zero attached hydrogens (tertiary/aromatic N) is 1. The Morgan fingerprint density at radius 3 is 2.78 bits per heavy atom. The van der Waals surface area contributed by atoms with Crippen molar-refractivity contribution in [2.75, 3.05) is 6.54 Å². The van der Waals surface area contributed by atoms with E-state index in [1.807, 2.05) is 0 Å². The van der Waals surface area contributed by atoms with Crippen LogP contribution in [-0.4, -0.2) is 22.5 Å². The first-order valence-electron chi connectivity index (χ1n) is 6.58. The Hall–Kier alpha value is -2.06. The number of alkyl halides is 3. The zero-order valence-electron chi connectivity index (χ0n) is 11.9.